The molecule has 1 rings (SSSR count). The van der Waals surface area contributed by atoms with Crippen molar-refractivity contribution >= 4 is 25.7 Å². The second-order valence-electron chi connectivity index (χ2n) is 3.43. The van der Waals surface area contributed by atoms with Crippen molar-refractivity contribution in [3.63, 3.8) is 0 Å². The van der Waals surface area contributed by atoms with Gasteiger partial charge in [-0.25, -0.2) is 22.0 Å². The number of benzene rings is 1. The van der Waals surface area contributed by atoms with Gasteiger partial charge in [0.15, 0.2) is 5.75 Å². The first-order valence-electron chi connectivity index (χ1n) is 4.78. The molecule has 0 saturated heterocycles. The van der Waals surface area contributed by atoms with Crippen LogP contribution in [0, 0.1) is 11.3 Å². The molecule has 0 fully saturated rings. The number of sulfonamides is 2. The number of rotatable bonds is 5. The quantitative estimate of drug-likeness (QED) is 0.759. The molecular formula is C9H11N3O5S2. The summed E-state index contributed by atoms with van der Waals surface area (Å²) in [6.45, 7) is 0. The maximum atomic E-state index is 11.5. The predicted octanol–water partition coefficient (Wildman–Crippen LogP) is -0.392. The van der Waals surface area contributed by atoms with Crippen molar-refractivity contribution in [1.29, 1.82) is 5.26 Å². The van der Waals surface area contributed by atoms with Gasteiger partial charge in [0, 0.05) is 0 Å². The summed E-state index contributed by atoms with van der Waals surface area (Å²) in [7, 11) is -6.59. The maximum Gasteiger partial charge on any atom is 0.246 e. The molecule has 0 aliphatic heterocycles. The van der Waals surface area contributed by atoms with Crippen molar-refractivity contribution < 1.29 is 21.6 Å². The Morgan fingerprint density at radius 3 is 2.47 bits per heavy atom. The first kappa shape index (κ1) is 15.2. The van der Waals surface area contributed by atoms with E-state index in [0.29, 0.717) is 0 Å². The Labute approximate surface area is 110 Å². The van der Waals surface area contributed by atoms with Crippen LogP contribution in [-0.4, -0.2) is 29.7 Å². The summed E-state index contributed by atoms with van der Waals surface area (Å²) in [6.07, 6.45) is 0. The fraction of sp³-hybridized carbons (Fsp3) is 0.222. The van der Waals surface area contributed by atoms with Crippen LogP contribution in [0.1, 0.15) is 0 Å². The molecule has 1 aromatic rings. The fourth-order valence-electron chi connectivity index (χ4n) is 1.23. The Balaban J connectivity index is 3.30. The van der Waals surface area contributed by atoms with Crippen molar-refractivity contribution in [2.75, 3.05) is 17.6 Å². The molecule has 19 heavy (non-hydrogen) atoms. The second-order valence-corrected chi connectivity index (χ2v) is 6.71. The molecule has 3 N–H and O–H groups in total. The molecule has 0 atom stereocenters. The lowest BCUT2D eigenvalue weighted by molar-refractivity contribution is 0.416. The number of nitriles is 1. The van der Waals surface area contributed by atoms with E-state index in [-0.39, 0.29) is 16.3 Å². The molecule has 1 aromatic carbocycles. The van der Waals surface area contributed by atoms with Crippen LogP contribution in [0.15, 0.2) is 23.1 Å². The van der Waals surface area contributed by atoms with Crippen LogP contribution in [0.3, 0.4) is 0 Å². The molecule has 0 unspecified atom stereocenters. The van der Waals surface area contributed by atoms with Crippen LogP contribution in [-0.2, 0) is 20.0 Å². The third-order valence-electron chi connectivity index (χ3n) is 2.02. The van der Waals surface area contributed by atoms with E-state index in [1.54, 1.807) is 0 Å². The Kier molecular flexibility index (Phi) is 4.35. The molecule has 0 heterocycles. The summed E-state index contributed by atoms with van der Waals surface area (Å²) < 4.78 is 52.2. The zero-order valence-corrected chi connectivity index (χ0v) is 11.5. The molecule has 10 heteroatoms. The van der Waals surface area contributed by atoms with Crippen molar-refractivity contribution in [2.24, 2.45) is 5.14 Å². The van der Waals surface area contributed by atoms with Gasteiger partial charge in [-0.15, -0.1) is 0 Å². The first-order valence-corrected chi connectivity index (χ1v) is 7.98. The molecule has 0 saturated carbocycles. The Bertz CT molecular complexity index is 719. The summed E-state index contributed by atoms with van der Waals surface area (Å²) in [4.78, 5) is -0.275. The number of hydrogen-bond acceptors (Lipinski definition) is 6. The lowest BCUT2D eigenvalue weighted by Crippen LogP contribution is -2.17. The average Bonchev–Trinajstić information content (AvgIpc) is 2.27. The van der Waals surface area contributed by atoms with Gasteiger partial charge >= 0.3 is 0 Å². The highest BCUT2D eigenvalue weighted by atomic mass is 32.2. The molecule has 0 aromatic heterocycles. The van der Waals surface area contributed by atoms with E-state index in [2.05, 4.69) is 4.72 Å². The summed E-state index contributed by atoms with van der Waals surface area (Å²) >= 11 is 0. The fourth-order valence-corrected chi connectivity index (χ4v) is 2.51. The minimum absolute atomic E-state index is 0.105. The van der Waals surface area contributed by atoms with E-state index < -0.39 is 25.8 Å². The molecule has 0 amide bonds. The molecule has 0 bridgehead atoms. The SMILES string of the molecule is COc1ccc(S(N)(=O)=O)cc1NS(=O)(=O)CC#N. The molecule has 8 nitrogen and oxygen atoms in total. The Morgan fingerprint density at radius 1 is 1.37 bits per heavy atom. The predicted molar refractivity (Wildman–Crippen MR) is 67.4 cm³/mol. The number of nitrogens with zero attached hydrogens (tertiary/aromatic N) is 1. The molecule has 0 aliphatic carbocycles. The third kappa shape index (κ3) is 4.09. The van der Waals surface area contributed by atoms with Gasteiger partial charge in [0.2, 0.25) is 20.0 Å². The van der Waals surface area contributed by atoms with Gasteiger partial charge in [-0.1, -0.05) is 0 Å². The zero-order chi connectivity index (χ0) is 14.7. The van der Waals surface area contributed by atoms with E-state index in [1.165, 1.54) is 25.3 Å². The molecule has 104 valence electrons. The van der Waals surface area contributed by atoms with Gasteiger partial charge in [0.05, 0.1) is 23.8 Å². The minimum atomic E-state index is -3.97. The minimum Gasteiger partial charge on any atom is -0.495 e. The average molecular weight is 305 g/mol. The van der Waals surface area contributed by atoms with Crippen molar-refractivity contribution in [3.8, 4) is 11.8 Å². The largest absolute Gasteiger partial charge is 0.495 e. The third-order valence-corrected chi connectivity index (χ3v) is 3.97. The van der Waals surface area contributed by atoms with Crippen LogP contribution in [0.2, 0.25) is 0 Å². The van der Waals surface area contributed by atoms with E-state index in [4.69, 9.17) is 15.1 Å². The number of primary sulfonamides is 1. The van der Waals surface area contributed by atoms with E-state index >= 15 is 0 Å². The molecule has 0 radical (unpaired) electrons. The highest BCUT2D eigenvalue weighted by molar-refractivity contribution is 7.92. The second kappa shape index (κ2) is 5.43. The number of ether oxygens (including phenoxy) is 1. The first-order chi connectivity index (χ1) is 8.69. The van der Waals surface area contributed by atoms with Crippen molar-refractivity contribution in [1.82, 2.24) is 0 Å². The van der Waals surface area contributed by atoms with Crippen LogP contribution >= 0.6 is 0 Å². The van der Waals surface area contributed by atoms with Gasteiger partial charge in [-0.05, 0) is 18.2 Å². The van der Waals surface area contributed by atoms with E-state index in [9.17, 15) is 16.8 Å². The number of nitrogens with two attached hydrogens (primary N) is 1. The highest BCUT2D eigenvalue weighted by Crippen LogP contribution is 2.27. The smallest absolute Gasteiger partial charge is 0.246 e. The van der Waals surface area contributed by atoms with Crippen molar-refractivity contribution in [3.05, 3.63) is 18.2 Å². The Hall–Kier alpha value is -1.83. The lowest BCUT2D eigenvalue weighted by atomic mass is 10.3. The zero-order valence-electron chi connectivity index (χ0n) is 9.82. The van der Waals surface area contributed by atoms with Crippen LogP contribution in [0.25, 0.3) is 0 Å². The normalized spacial score (nSPS) is 11.6. The van der Waals surface area contributed by atoms with Crippen molar-refractivity contribution in [2.45, 2.75) is 4.90 Å². The lowest BCUT2D eigenvalue weighted by Gasteiger charge is -2.11. The van der Waals surface area contributed by atoms with Crippen LogP contribution < -0.4 is 14.6 Å². The van der Waals surface area contributed by atoms with E-state index in [0.717, 1.165) is 6.07 Å². The van der Waals surface area contributed by atoms with Crippen LogP contribution in [0.4, 0.5) is 5.69 Å². The van der Waals surface area contributed by atoms with Gasteiger partial charge in [-0.2, -0.15) is 5.26 Å². The van der Waals surface area contributed by atoms with Gasteiger partial charge in [0.25, 0.3) is 0 Å². The van der Waals surface area contributed by atoms with Gasteiger partial charge in [0.1, 0.15) is 5.75 Å². The van der Waals surface area contributed by atoms with Crippen LogP contribution in [0.5, 0.6) is 5.75 Å². The number of anilines is 1. The van der Waals surface area contributed by atoms with E-state index in [1.807, 2.05) is 0 Å². The number of nitrogens with one attached hydrogen (secondary N) is 1. The molecule has 0 aliphatic rings. The Morgan fingerprint density at radius 2 is 2.00 bits per heavy atom. The standard InChI is InChI=1S/C9H11N3O5S2/c1-17-9-3-2-7(19(11,15)16)6-8(9)12-18(13,14)5-4-10/h2-3,6,12H,5H2,1H3,(H2,11,15,16). The highest BCUT2D eigenvalue weighted by Gasteiger charge is 2.16. The molecular weight excluding hydrogens is 294 g/mol. The maximum absolute atomic E-state index is 11.5. The number of methoxy groups -OCH3 is 1. The summed E-state index contributed by atoms with van der Waals surface area (Å²) in [5.74, 6) is -0.663. The van der Waals surface area contributed by atoms with Gasteiger partial charge < -0.3 is 4.74 Å². The monoisotopic (exact) mass is 305 g/mol. The summed E-state index contributed by atoms with van der Waals surface area (Å²) in [6, 6.07) is 4.92. The number of hydrogen-bond donors (Lipinski definition) is 2. The topological polar surface area (TPSA) is 139 Å². The molecule has 0 spiro atoms. The summed E-state index contributed by atoms with van der Waals surface area (Å²) in [5, 5.41) is 13.3. The summed E-state index contributed by atoms with van der Waals surface area (Å²) in [5.41, 5.74) is -0.107. The van der Waals surface area contributed by atoms with Gasteiger partial charge in [-0.3, -0.25) is 4.72 Å².